The number of hydrogen-bond donors (Lipinski definition) is 1. The fourth-order valence-electron chi connectivity index (χ4n) is 1.57. The van der Waals surface area contributed by atoms with E-state index >= 15 is 0 Å². The topological polar surface area (TPSA) is 64.9 Å². The molecule has 68 valence electrons. The van der Waals surface area contributed by atoms with Gasteiger partial charge in [-0.05, 0) is 12.1 Å². The molecule has 14 heavy (non-hydrogen) atoms. The highest BCUT2D eigenvalue weighted by Gasteiger charge is 2.08. The van der Waals surface area contributed by atoms with Crippen molar-refractivity contribution in [3.63, 3.8) is 0 Å². The SMILES string of the molecule is Nc1nc2ccccc2c2ocnc12. The van der Waals surface area contributed by atoms with Gasteiger partial charge in [0, 0.05) is 5.39 Å². The van der Waals surface area contributed by atoms with E-state index in [1.54, 1.807) is 0 Å². The summed E-state index contributed by atoms with van der Waals surface area (Å²) in [5.74, 6) is 0.410. The zero-order valence-corrected chi connectivity index (χ0v) is 7.27. The average Bonchev–Trinajstić information content (AvgIpc) is 2.67. The molecular formula is C10H7N3O. The Kier molecular flexibility index (Phi) is 1.28. The number of nitrogens with two attached hydrogens (primary N) is 1. The van der Waals surface area contributed by atoms with Crippen LogP contribution in [0.5, 0.6) is 0 Å². The molecule has 0 unspecified atom stereocenters. The van der Waals surface area contributed by atoms with Crippen molar-refractivity contribution in [2.45, 2.75) is 0 Å². The maximum Gasteiger partial charge on any atom is 0.182 e. The molecule has 0 saturated heterocycles. The van der Waals surface area contributed by atoms with E-state index in [4.69, 9.17) is 10.2 Å². The van der Waals surface area contributed by atoms with Crippen LogP contribution in [0.1, 0.15) is 0 Å². The Morgan fingerprint density at radius 3 is 3.00 bits per heavy atom. The van der Waals surface area contributed by atoms with Crippen molar-refractivity contribution in [2.24, 2.45) is 0 Å². The number of oxazole rings is 1. The number of nitrogen functional groups attached to an aromatic ring is 1. The molecular weight excluding hydrogens is 178 g/mol. The highest BCUT2D eigenvalue weighted by Crippen LogP contribution is 2.26. The van der Waals surface area contributed by atoms with E-state index in [1.165, 1.54) is 6.39 Å². The van der Waals surface area contributed by atoms with E-state index in [1.807, 2.05) is 24.3 Å². The van der Waals surface area contributed by atoms with Crippen molar-refractivity contribution < 1.29 is 4.42 Å². The van der Waals surface area contributed by atoms with Crippen molar-refractivity contribution in [1.82, 2.24) is 9.97 Å². The number of hydrogen-bond acceptors (Lipinski definition) is 4. The molecule has 0 atom stereocenters. The van der Waals surface area contributed by atoms with E-state index < -0.39 is 0 Å². The van der Waals surface area contributed by atoms with E-state index in [9.17, 15) is 0 Å². The summed E-state index contributed by atoms with van der Waals surface area (Å²) < 4.78 is 5.28. The summed E-state index contributed by atoms with van der Waals surface area (Å²) >= 11 is 0. The molecule has 0 fully saturated rings. The summed E-state index contributed by atoms with van der Waals surface area (Å²) in [5.41, 5.74) is 7.89. The second kappa shape index (κ2) is 2.45. The molecule has 2 aromatic heterocycles. The number of para-hydroxylation sites is 1. The second-order valence-electron chi connectivity index (χ2n) is 3.04. The van der Waals surface area contributed by atoms with Gasteiger partial charge in [-0.15, -0.1) is 0 Å². The Bertz CT molecular complexity index is 615. The molecule has 4 nitrogen and oxygen atoms in total. The largest absolute Gasteiger partial charge is 0.443 e. The molecule has 3 rings (SSSR count). The Balaban J connectivity index is 2.66. The summed E-state index contributed by atoms with van der Waals surface area (Å²) in [5, 5.41) is 0.939. The van der Waals surface area contributed by atoms with Gasteiger partial charge in [-0.2, -0.15) is 0 Å². The Labute approximate surface area is 79.4 Å². The lowest BCUT2D eigenvalue weighted by Gasteiger charge is -1.98. The zero-order valence-electron chi connectivity index (χ0n) is 7.27. The van der Waals surface area contributed by atoms with Gasteiger partial charge in [0.15, 0.2) is 23.3 Å². The highest BCUT2D eigenvalue weighted by molar-refractivity contribution is 6.04. The second-order valence-corrected chi connectivity index (χ2v) is 3.04. The van der Waals surface area contributed by atoms with Crippen LogP contribution in [0.15, 0.2) is 35.1 Å². The smallest absolute Gasteiger partial charge is 0.182 e. The van der Waals surface area contributed by atoms with Crippen LogP contribution in [0.3, 0.4) is 0 Å². The average molecular weight is 185 g/mol. The summed E-state index contributed by atoms with van der Waals surface area (Å²) in [6.45, 7) is 0. The minimum atomic E-state index is 0.410. The lowest BCUT2D eigenvalue weighted by Crippen LogP contribution is -1.92. The number of fused-ring (bicyclic) bond motifs is 3. The first-order valence-corrected chi connectivity index (χ1v) is 4.23. The third-order valence-electron chi connectivity index (χ3n) is 2.20. The molecule has 1 aromatic carbocycles. The maximum atomic E-state index is 5.73. The Hall–Kier alpha value is -2.10. The van der Waals surface area contributed by atoms with Crippen LogP contribution in [0.25, 0.3) is 22.0 Å². The number of rotatable bonds is 0. The van der Waals surface area contributed by atoms with Gasteiger partial charge in [0.2, 0.25) is 0 Å². The van der Waals surface area contributed by atoms with Crippen molar-refractivity contribution in [2.75, 3.05) is 5.73 Å². The molecule has 0 aliphatic carbocycles. The highest BCUT2D eigenvalue weighted by atomic mass is 16.3. The maximum absolute atomic E-state index is 5.73. The first-order valence-electron chi connectivity index (χ1n) is 4.23. The molecule has 0 aliphatic heterocycles. The predicted octanol–water partition coefficient (Wildman–Crippen LogP) is 1.96. The molecule has 2 N–H and O–H groups in total. The van der Waals surface area contributed by atoms with Crippen LogP contribution < -0.4 is 5.73 Å². The van der Waals surface area contributed by atoms with E-state index in [0.717, 1.165) is 10.9 Å². The lowest BCUT2D eigenvalue weighted by atomic mass is 10.2. The quantitative estimate of drug-likeness (QED) is 0.581. The van der Waals surface area contributed by atoms with Crippen molar-refractivity contribution in [3.05, 3.63) is 30.7 Å². The predicted molar refractivity (Wildman–Crippen MR) is 53.7 cm³/mol. The minimum Gasteiger partial charge on any atom is -0.443 e. The molecule has 3 aromatic rings. The third kappa shape index (κ3) is 0.821. The standard InChI is InChI=1S/C10H7N3O/c11-10-8-9(14-5-12-8)6-3-1-2-4-7(6)13-10/h1-5H,(H2,11,13). The zero-order chi connectivity index (χ0) is 9.54. The monoisotopic (exact) mass is 185 g/mol. The summed E-state index contributed by atoms with van der Waals surface area (Å²) in [6.07, 6.45) is 1.38. The molecule has 0 amide bonds. The van der Waals surface area contributed by atoms with Gasteiger partial charge in [-0.25, -0.2) is 9.97 Å². The molecule has 0 radical (unpaired) electrons. The lowest BCUT2D eigenvalue weighted by molar-refractivity contribution is 0.605. The van der Waals surface area contributed by atoms with E-state index in [-0.39, 0.29) is 0 Å². The molecule has 0 aliphatic rings. The molecule has 2 heterocycles. The van der Waals surface area contributed by atoms with Gasteiger partial charge < -0.3 is 10.2 Å². The molecule has 4 heteroatoms. The number of benzene rings is 1. The van der Waals surface area contributed by atoms with Crippen LogP contribution in [-0.4, -0.2) is 9.97 Å². The summed E-state index contributed by atoms with van der Waals surface area (Å²) in [4.78, 5) is 8.25. The Morgan fingerprint density at radius 1 is 1.21 bits per heavy atom. The van der Waals surface area contributed by atoms with Crippen LogP contribution >= 0.6 is 0 Å². The normalized spacial score (nSPS) is 11.1. The van der Waals surface area contributed by atoms with Gasteiger partial charge in [0.1, 0.15) is 0 Å². The van der Waals surface area contributed by atoms with Crippen LogP contribution in [0.2, 0.25) is 0 Å². The first kappa shape index (κ1) is 7.32. The third-order valence-corrected chi connectivity index (χ3v) is 2.20. The van der Waals surface area contributed by atoms with E-state index in [2.05, 4.69) is 9.97 Å². The van der Waals surface area contributed by atoms with Crippen LogP contribution in [0.4, 0.5) is 5.82 Å². The van der Waals surface area contributed by atoms with Gasteiger partial charge in [-0.1, -0.05) is 12.1 Å². The van der Waals surface area contributed by atoms with Gasteiger partial charge in [-0.3, -0.25) is 0 Å². The van der Waals surface area contributed by atoms with Gasteiger partial charge in [0.25, 0.3) is 0 Å². The minimum absolute atomic E-state index is 0.410. The number of nitrogens with zero attached hydrogens (tertiary/aromatic N) is 2. The first-order chi connectivity index (χ1) is 6.86. The van der Waals surface area contributed by atoms with Crippen molar-refractivity contribution in [1.29, 1.82) is 0 Å². The molecule has 0 spiro atoms. The van der Waals surface area contributed by atoms with Crippen molar-refractivity contribution in [3.8, 4) is 0 Å². The fraction of sp³-hybridized carbons (Fsp3) is 0. The van der Waals surface area contributed by atoms with E-state index in [0.29, 0.717) is 16.9 Å². The van der Waals surface area contributed by atoms with Crippen LogP contribution in [-0.2, 0) is 0 Å². The van der Waals surface area contributed by atoms with Gasteiger partial charge in [0.05, 0.1) is 5.52 Å². The number of pyridine rings is 1. The summed E-state index contributed by atoms with van der Waals surface area (Å²) in [6, 6.07) is 7.68. The van der Waals surface area contributed by atoms with Crippen LogP contribution in [0, 0.1) is 0 Å². The summed E-state index contributed by atoms with van der Waals surface area (Å²) in [7, 11) is 0. The number of aromatic nitrogens is 2. The van der Waals surface area contributed by atoms with Crippen molar-refractivity contribution >= 4 is 27.8 Å². The fourth-order valence-corrected chi connectivity index (χ4v) is 1.57. The molecule has 0 saturated carbocycles. The Morgan fingerprint density at radius 2 is 2.07 bits per heavy atom. The van der Waals surface area contributed by atoms with Gasteiger partial charge >= 0.3 is 0 Å². The molecule has 0 bridgehead atoms. The number of anilines is 1.